The molecule has 3 aromatic rings. The van der Waals surface area contributed by atoms with E-state index in [9.17, 15) is 4.79 Å². The molecular formula is C19H19IN4O2S. The van der Waals surface area contributed by atoms with Gasteiger partial charge >= 0.3 is 0 Å². The maximum atomic E-state index is 12.1. The monoisotopic (exact) mass is 494 g/mol. The van der Waals surface area contributed by atoms with E-state index in [1.165, 1.54) is 17.3 Å². The van der Waals surface area contributed by atoms with Crippen molar-refractivity contribution in [1.29, 1.82) is 0 Å². The summed E-state index contributed by atoms with van der Waals surface area (Å²) in [6.07, 6.45) is 0. The molecular weight excluding hydrogens is 475 g/mol. The molecule has 0 atom stereocenters. The number of nitrogens with one attached hydrogen (secondary N) is 2. The number of nitrogens with zero attached hydrogens (tertiary/aromatic N) is 2. The van der Waals surface area contributed by atoms with E-state index in [1.54, 1.807) is 0 Å². The molecule has 1 heterocycles. The number of carbonyl (C=O) groups is 1. The Morgan fingerprint density at radius 3 is 2.74 bits per heavy atom. The fourth-order valence-corrected chi connectivity index (χ4v) is 3.54. The summed E-state index contributed by atoms with van der Waals surface area (Å²) in [5.74, 6) is 1.54. The van der Waals surface area contributed by atoms with Crippen LogP contribution in [0.2, 0.25) is 0 Å². The Kier molecular flexibility index (Phi) is 6.73. The highest BCUT2D eigenvalue weighted by atomic mass is 127. The molecule has 1 aromatic heterocycles. The minimum atomic E-state index is -0.0911. The van der Waals surface area contributed by atoms with Gasteiger partial charge in [-0.05, 0) is 72.3 Å². The van der Waals surface area contributed by atoms with E-state index in [0.717, 1.165) is 20.6 Å². The summed E-state index contributed by atoms with van der Waals surface area (Å²) in [4.78, 5) is 16.5. The molecule has 140 valence electrons. The number of amides is 1. The first kappa shape index (κ1) is 19.7. The molecule has 2 N–H and O–H groups in total. The summed E-state index contributed by atoms with van der Waals surface area (Å²) in [5.41, 5.74) is 3.04. The number of aromatic nitrogens is 3. The number of aromatic amines is 1. The molecule has 0 radical (unpaired) electrons. The molecule has 6 nitrogen and oxygen atoms in total. The fourth-order valence-electron chi connectivity index (χ4n) is 2.28. The first-order valence-corrected chi connectivity index (χ1v) is 10.4. The Balaban J connectivity index is 1.47. The largest absolute Gasteiger partial charge is 0.486 e. The number of thioether (sulfide) groups is 1. The van der Waals surface area contributed by atoms with Crippen LogP contribution in [0.1, 0.15) is 17.0 Å². The smallest absolute Gasteiger partial charge is 0.234 e. The highest BCUT2D eigenvalue weighted by Gasteiger charge is 2.10. The molecule has 0 unspecified atom stereocenters. The van der Waals surface area contributed by atoms with Crippen molar-refractivity contribution in [3.63, 3.8) is 0 Å². The molecule has 0 spiro atoms. The summed E-state index contributed by atoms with van der Waals surface area (Å²) in [5, 5.41) is 10.4. The fraction of sp³-hybridized carbons (Fsp3) is 0.211. The second-order valence-electron chi connectivity index (χ2n) is 5.96. The zero-order valence-electron chi connectivity index (χ0n) is 15.0. The third kappa shape index (κ3) is 5.96. The molecule has 0 saturated heterocycles. The van der Waals surface area contributed by atoms with Crippen LogP contribution < -0.4 is 10.1 Å². The maximum Gasteiger partial charge on any atom is 0.234 e. The molecule has 0 fully saturated rings. The standard InChI is InChI=1S/C19H19IN4O2S/c1-12-3-6-15(7-4-12)26-10-17-22-19(24-23-17)27-11-18(25)21-16-8-5-14(20)9-13(16)2/h3-9H,10-11H2,1-2H3,(H,21,25)(H,22,23,24). The zero-order valence-corrected chi connectivity index (χ0v) is 17.9. The van der Waals surface area contributed by atoms with E-state index in [-0.39, 0.29) is 11.7 Å². The van der Waals surface area contributed by atoms with Gasteiger partial charge in [0.25, 0.3) is 0 Å². The second-order valence-corrected chi connectivity index (χ2v) is 8.15. The Bertz CT molecular complexity index is 928. The topological polar surface area (TPSA) is 79.9 Å². The van der Waals surface area contributed by atoms with Gasteiger partial charge in [-0.25, -0.2) is 4.98 Å². The number of anilines is 1. The van der Waals surface area contributed by atoms with Crippen molar-refractivity contribution in [3.05, 3.63) is 63.0 Å². The first-order valence-electron chi connectivity index (χ1n) is 8.29. The number of aryl methyl sites for hydroxylation is 2. The van der Waals surface area contributed by atoms with Gasteiger partial charge in [-0.15, -0.1) is 5.10 Å². The number of benzene rings is 2. The molecule has 2 aromatic carbocycles. The highest BCUT2D eigenvalue weighted by molar-refractivity contribution is 14.1. The van der Waals surface area contributed by atoms with Crippen LogP contribution in [0, 0.1) is 17.4 Å². The third-order valence-corrected chi connectivity index (χ3v) is 5.22. The molecule has 1 amide bonds. The minimum absolute atomic E-state index is 0.0911. The van der Waals surface area contributed by atoms with Gasteiger partial charge < -0.3 is 10.1 Å². The van der Waals surface area contributed by atoms with E-state index in [2.05, 4.69) is 43.1 Å². The van der Waals surface area contributed by atoms with Crippen molar-refractivity contribution < 1.29 is 9.53 Å². The SMILES string of the molecule is Cc1ccc(OCc2nc(SCC(=O)Nc3ccc(I)cc3C)n[nH]2)cc1. The Morgan fingerprint density at radius 2 is 2.00 bits per heavy atom. The van der Waals surface area contributed by atoms with Gasteiger partial charge in [0.05, 0.1) is 5.75 Å². The molecule has 3 rings (SSSR count). The Morgan fingerprint density at radius 1 is 1.22 bits per heavy atom. The van der Waals surface area contributed by atoms with Crippen molar-refractivity contribution in [2.75, 3.05) is 11.1 Å². The van der Waals surface area contributed by atoms with Crippen LogP contribution in [-0.4, -0.2) is 26.8 Å². The highest BCUT2D eigenvalue weighted by Crippen LogP contribution is 2.19. The van der Waals surface area contributed by atoms with E-state index >= 15 is 0 Å². The van der Waals surface area contributed by atoms with Crippen LogP contribution >= 0.6 is 34.4 Å². The van der Waals surface area contributed by atoms with E-state index < -0.39 is 0 Å². The van der Waals surface area contributed by atoms with Crippen molar-refractivity contribution in [2.24, 2.45) is 0 Å². The number of carbonyl (C=O) groups excluding carboxylic acids is 1. The van der Waals surface area contributed by atoms with Crippen LogP contribution in [0.3, 0.4) is 0 Å². The second kappa shape index (κ2) is 9.23. The number of H-pyrrole nitrogens is 1. The summed E-state index contributed by atoms with van der Waals surface area (Å²) >= 11 is 3.53. The molecule has 0 aliphatic carbocycles. The number of rotatable bonds is 7. The summed E-state index contributed by atoms with van der Waals surface area (Å²) in [6.45, 7) is 4.30. The van der Waals surface area contributed by atoms with Gasteiger partial charge in [-0.1, -0.05) is 29.5 Å². The van der Waals surface area contributed by atoms with Gasteiger partial charge in [-0.3, -0.25) is 9.89 Å². The quantitative estimate of drug-likeness (QED) is 0.378. The van der Waals surface area contributed by atoms with E-state index in [0.29, 0.717) is 17.6 Å². The normalized spacial score (nSPS) is 10.6. The van der Waals surface area contributed by atoms with Gasteiger partial charge in [-0.2, -0.15) is 0 Å². The summed E-state index contributed by atoms with van der Waals surface area (Å²) in [7, 11) is 0. The summed E-state index contributed by atoms with van der Waals surface area (Å²) in [6, 6.07) is 13.7. The first-order chi connectivity index (χ1) is 13.0. The predicted octanol–water partition coefficient (Wildman–Crippen LogP) is 4.34. The Labute approximate surface area is 175 Å². The van der Waals surface area contributed by atoms with Crippen molar-refractivity contribution in [2.45, 2.75) is 25.6 Å². The molecule has 8 heteroatoms. The van der Waals surface area contributed by atoms with Crippen molar-refractivity contribution in [3.8, 4) is 5.75 Å². The number of ether oxygens (including phenoxy) is 1. The van der Waals surface area contributed by atoms with Crippen LogP contribution in [0.25, 0.3) is 0 Å². The third-order valence-electron chi connectivity index (χ3n) is 3.70. The van der Waals surface area contributed by atoms with Crippen LogP contribution in [0.15, 0.2) is 47.6 Å². The van der Waals surface area contributed by atoms with E-state index in [1.807, 2.05) is 56.3 Å². The number of halogens is 1. The van der Waals surface area contributed by atoms with Crippen molar-refractivity contribution >= 4 is 45.9 Å². The van der Waals surface area contributed by atoms with Crippen LogP contribution in [0.5, 0.6) is 5.75 Å². The lowest BCUT2D eigenvalue weighted by molar-refractivity contribution is -0.113. The van der Waals surface area contributed by atoms with Gasteiger partial charge in [0.1, 0.15) is 12.4 Å². The lowest BCUT2D eigenvalue weighted by Gasteiger charge is -2.07. The van der Waals surface area contributed by atoms with E-state index in [4.69, 9.17) is 4.74 Å². The minimum Gasteiger partial charge on any atom is -0.486 e. The molecule has 0 bridgehead atoms. The molecule has 27 heavy (non-hydrogen) atoms. The van der Waals surface area contributed by atoms with Gasteiger partial charge in [0, 0.05) is 9.26 Å². The van der Waals surface area contributed by atoms with Crippen LogP contribution in [-0.2, 0) is 11.4 Å². The maximum absolute atomic E-state index is 12.1. The lowest BCUT2D eigenvalue weighted by Crippen LogP contribution is -2.15. The van der Waals surface area contributed by atoms with Gasteiger partial charge in [0.15, 0.2) is 5.82 Å². The number of hydrogen-bond acceptors (Lipinski definition) is 5. The Hall–Kier alpha value is -2.07. The molecule has 0 aliphatic rings. The average molecular weight is 494 g/mol. The lowest BCUT2D eigenvalue weighted by atomic mass is 10.2. The predicted molar refractivity (Wildman–Crippen MR) is 115 cm³/mol. The molecule has 0 aliphatic heterocycles. The van der Waals surface area contributed by atoms with Crippen LogP contribution in [0.4, 0.5) is 5.69 Å². The van der Waals surface area contributed by atoms with Gasteiger partial charge in [0.2, 0.25) is 11.1 Å². The number of hydrogen-bond donors (Lipinski definition) is 2. The summed E-state index contributed by atoms with van der Waals surface area (Å²) < 4.78 is 6.80. The zero-order chi connectivity index (χ0) is 19.2. The average Bonchev–Trinajstić information content (AvgIpc) is 3.10. The molecule has 0 saturated carbocycles. The van der Waals surface area contributed by atoms with Crippen molar-refractivity contribution in [1.82, 2.24) is 15.2 Å².